The molecule has 4 nitrogen and oxygen atoms in total. The fourth-order valence-corrected chi connectivity index (χ4v) is 1.25. The molecule has 2 atom stereocenters. The van der Waals surface area contributed by atoms with Crippen molar-refractivity contribution in [1.82, 2.24) is 10.2 Å². The van der Waals surface area contributed by atoms with E-state index < -0.39 is 0 Å². The van der Waals surface area contributed by atoms with E-state index in [-0.39, 0.29) is 17.9 Å². The Morgan fingerprint density at radius 3 is 2.20 bits per heavy atom. The molecule has 0 rings (SSSR count). The van der Waals surface area contributed by atoms with Crippen molar-refractivity contribution < 1.29 is 4.79 Å². The maximum Gasteiger partial charge on any atom is 0.224 e. The predicted octanol–water partition coefficient (Wildman–Crippen LogP) is 0.284. The van der Waals surface area contributed by atoms with Crippen LogP contribution in [0.4, 0.5) is 0 Å². The molecule has 0 saturated heterocycles. The molecule has 0 heterocycles. The summed E-state index contributed by atoms with van der Waals surface area (Å²) in [6, 6.07) is 0.196. The number of hydrogen-bond acceptors (Lipinski definition) is 3. The van der Waals surface area contributed by atoms with Crippen LogP contribution in [0.2, 0.25) is 0 Å². The first kappa shape index (κ1) is 14.4. The van der Waals surface area contributed by atoms with Gasteiger partial charge in [-0.25, -0.2) is 0 Å². The number of rotatable bonds is 6. The van der Waals surface area contributed by atoms with Crippen LogP contribution < -0.4 is 11.1 Å². The number of carbonyl (C=O) groups excluding carboxylic acids is 1. The molecule has 0 aliphatic rings. The first-order chi connectivity index (χ1) is 6.88. The number of nitrogens with two attached hydrogens (primary N) is 1. The fourth-order valence-electron chi connectivity index (χ4n) is 1.25. The monoisotopic (exact) mass is 215 g/mol. The van der Waals surface area contributed by atoms with Crippen molar-refractivity contribution >= 4 is 5.91 Å². The van der Waals surface area contributed by atoms with Gasteiger partial charge in [0.15, 0.2) is 0 Å². The van der Waals surface area contributed by atoms with Crippen LogP contribution in [0.15, 0.2) is 0 Å². The van der Waals surface area contributed by atoms with Gasteiger partial charge < -0.3 is 16.0 Å². The molecule has 0 bridgehead atoms. The summed E-state index contributed by atoms with van der Waals surface area (Å²) in [7, 11) is 4.02. The molecular weight excluding hydrogens is 190 g/mol. The summed E-state index contributed by atoms with van der Waals surface area (Å²) in [5.41, 5.74) is 5.45. The Labute approximate surface area is 93.2 Å². The van der Waals surface area contributed by atoms with E-state index in [9.17, 15) is 4.79 Å². The largest absolute Gasteiger partial charge is 0.352 e. The van der Waals surface area contributed by atoms with Crippen molar-refractivity contribution in [2.24, 2.45) is 17.6 Å². The summed E-state index contributed by atoms with van der Waals surface area (Å²) in [6.07, 6.45) is 0. The standard InChI is InChI=1S/C11H25N3O/c1-8(2)10(7-14(4)5)13-11(15)9(3)6-12/h8-10H,6-7,12H2,1-5H3,(H,13,15). The van der Waals surface area contributed by atoms with Crippen LogP contribution in [-0.4, -0.2) is 44.0 Å². The molecule has 15 heavy (non-hydrogen) atoms. The third-order valence-corrected chi connectivity index (χ3v) is 2.50. The summed E-state index contributed by atoms with van der Waals surface area (Å²) in [5.74, 6) is 0.382. The molecule has 0 fully saturated rings. The maximum atomic E-state index is 11.7. The van der Waals surface area contributed by atoms with Crippen molar-refractivity contribution in [3.05, 3.63) is 0 Å². The number of nitrogens with one attached hydrogen (secondary N) is 1. The van der Waals surface area contributed by atoms with Crippen LogP contribution in [0.25, 0.3) is 0 Å². The number of hydrogen-bond donors (Lipinski definition) is 2. The number of carbonyl (C=O) groups is 1. The smallest absolute Gasteiger partial charge is 0.224 e. The number of likely N-dealkylation sites (N-methyl/N-ethyl adjacent to an activating group) is 1. The molecule has 0 aromatic carbocycles. The molecule has 0 aromatic heterocycles. The third-order valence-electron chi connectivity index (χ3n) is 2.50. The predicted molar refractivity (Wildman–Crippen MR) is 63.5 cm³/mol. The van der Waals surface area contributed by atoms with Crippen LogP contribution in [-0.2, 0) is 4.79 Å². The van der Waals surface area contributed by atoms with Gasteiger partial charge in [0.1, 0.15) is 0 Å². The van der Waals surface area contributed by atoms with Gasteiger partial charge >= 0.3 is 0 Å². The van der Waals surface area contributed by atoms with Gasteiger partial charge in [0.05, 0.1) is 0 Å². The summed E-state index contributed by atoms with van der Waals surface area (Å²) in [4.78, 5) is 13.7. The molecule has 3 N–H and O–H groups in total. The van der Waals surface area contributed by atoms with Crippen LogP contribution in [0, 0.1) is 11.8 Å². The fraction of sp³-hybridized carbons (Fsp3) is 0.909. The highest BCUT2D eigenvalue weighted by atomic mass is 16.1. The summed E-state index contributed by atoms with van der Waals surface area (Å²) < 4.78 is 0. The van der Waals surface area contributed by atoms with Gasteiger partial charge in [-0.1, -0.05) is 20.8 Å². The zero-order valence-corrected chi connectivity index (χ0v) is 10.6. The van der Waals surface area contributed by atoms with Gasteiger partial charge in [0, 0.05) is 25.0 Å². The molecule has 0 spiro atoms. The van der Waals surface area contributed by atoms with Crippen LogP contribution in [0.3, 0.4) is 0 Å². The second-order valence-corrected chi connectivity index (χ2v) is 4.76. The molecule has 0 saturated carbocycles. The van der Waals surface area contributed by atoms with E-state index in [0.29, 0.717) is 12.5 Å². The molecule has 0 aliphatic carbocycles. The van der Waals surface area contributed by atoms with Gasteiger partial charge in [-0.05, 0) is 20.0 Å². The molecule has 1 amide bonds. The Morgan fingerprint density at radius 2 is 1.87 bits per heavy atom. The lowest BCUT2D eigenvalue weighted by atomic mass is 10.0. The van der Waals surface area contributed by atoms with Crippen LogP contribution in [0.5, 0.6) is 0 Å². The SMILES string of the molecule is CC(CN)C(=O)NC(CN(C)C)C(C)C. The molecule has 90 valence electrons. The topological polar surface area (TPSA) is 58.4 Å². The van der Waals surface area contributed by atoms with E-state index in [1.807, 2.05) is 21.0 Å². The number of amides is 1. The Bertz CT molecular complexity index is 192. The summed E-state index contributed by atoms with van der Waals surface area (Å²) in [5, 5.41) is 3.04. The zero-order chi connectivity index (χ0) is 12.0. The molecular formula is C11H25N3O. The molecule has 0 aliphatic heterocycles. The molecule has 4 heteroatoms. The van der Waals surface area contributed by atoms with Crippen molar-refractivity contribution in [2.45, 2.75) is 26.8 Å². The minimum atomic E-state index is -0.103. The lowest BCUT2D eigenvalue weighted by molar-refractivity contribution is -0.125. The minimum Gasteiger partial charge on any atom is -0.352 e. The molecule has 0 radical (unpaired) electrons. The first-order valence-electron chi connectivity index (χ1n) is 5.53. The average molecular weight is 215 g/mol. The second-order valence-electron chi connectivity index (χ2n) is 4.76. The van der Waals surface area contributed by atoms with Gasteiger partial charge in [0.25, 0.3) is 0 Å². The van der Waals surface area contributed by atoms with Crippen molar-refractivity contribution in [1.29, 1.82) is 0 Å². The van der Waals surface area contributed by atoms with Gasteiger partial charge in [-0.3, -0.25) is 4.79 Å². The van der Waals surface area contributed by atoms with Gasteiger partial charge in [-0.15, -0.1) is 0 Å². The Morgan fingerprint density at radius 1 is 1.33 bits per heavy atom. The average Bonchev–Trinajstić information content (AvgIpc) is 2.14. The van der Waals surface area contributed by atoms with E-state index in [4.69, 9.17) is 5.73 Å². The van der Waals surface area contributed by atoms with E-state index in [0.717, 1.165) is 6.54 Å². The van der Waals surface area contributed by atoms with Crippen molar-refractivity contribution in [2.75, 3.05) is 27.2 Å². The summed E-state index contributed by atoms with van der Waals surface area (Å²) >= 11 is 0. The highest BCUT2D eigenvalue weighted by Crippen LogP contribution is 2.04. The van der Waals surface area contributed by atoms with E-state index in [1.165, 1.54) is 0 Å². The zero-order valence-electron chi connectivity index (χ0n) is 10.6. The number of nitrogens with zero attached hydrogens (tertiary/aromatic N) is 1. The van der Waals surface area contributed by atoms with Gasteiger partial charge in [0.2, 0.25) is 5.91 Å². The second kappa shape index (κ2) is 6.80. The third kappa shape index (κ3) is 5.74. The Balaban J connectivity index is 4.22. The Hall–Kier alpha value is -0.610. The van der Waals surface area contributed by atoms with Crippen molar-refractivity contribution in [3.63, 3.8) is 0 Å². The normalized spacial score (nSPS) is 15.5. The maximum absolute atomic E-state index is 11.7. The van der Waals surface area contributed by atoms with Crippen LogP contribution in [0.1, 0.15) is 20.8 Å². The van der Waals surface area contributed by atoms with Crippen LogP contribution >= 0.6 is 0 Å². The summed E-state index contributed by atoms with van der Waals surface area (Å²) in [6.45, 7) is 7.34. The molecule has 2 unspecified atom stereocenters. The molecule has 0 aromatic rings. The first-order valence-corrected chi connectivity index (χ1v) is 5.53. The highest BCUT2D eigenvalue weighted by molar-refractivity contribution is 5.78. The van der Waals surface area contributed by atoms with E-state index in [1.54, 1.807) is 0 Å². The minimum absolute atomic E-state index is 0.0537. The lowest BCUT2D eigenvalue weighted by Gasteiger charge is -2.26. The van der Waals surface area contributed by atoms with Crippen molar-refractivity contribution in [3.8, 4) is 0 Å². The highest BCUT2D eigenvalue weighted by Gasteiger charge is 2.19. The van der Waals surface area contributed by atoms with E-state index >= 15 is 0 Å². The lowest BCUT2D eigenvalue weighted by Crippen LogP contribution is -2.47. The van der Waals surface area contributed by atoms with E-state index in [2.05, 4.69) is 24.1 Å². The quantitative estimate of drug-likeness (QED) is 0.669. The van der Waals surface area contributed by atoms with Gasteiger partial charge in [-0.2, -0.15) is 0 Å². The Kier molecular flexibility index (Phi) is 6.52.